The number of hydrogen-bond donors (Lipinski definition) is 0. The normalized spacial score (nSPS) is 11.6. The first-order chi connectivity index (χ1) is 24.7. The third kappa shape index (κ3) is 4.75. The molecule has 0 N–H and O–H groups in total. The average Bonchev–Trinajstić information content (AvgIpc) is 3.76. The molecule has 50 heavy (non-hydrogen) atoms. The lowest BCUT2D eigenvalue weighted by atomic mass is 9.97. The van der Waals surface area contributed by atoms with Gasteiger partial charge in [-0.2, -0.15) is 0 Å². The Morgan fingerprint density at radius 1 is 0.300 bits per heavy atom. The van der Waals surface area contributed by atoms with Crippen LogP contribution in [0.1, 0.15) is 0 Å². The van der Waals surface area contributed by atoms with Gasteiger partial charge in [0.2, 0.25) is 0 Å². The Balaban J connectivity index is 1.08. The highest BCUT2D eigenvalue weighted by Gasteiger charge is 2.18. The van der Waals surface area contributed by atoms with Crippen LogP contribution >= 0.6 is 0 Å². The summed E-state index contributed by atoms with van der Waals surface area (Å²) in [6.45, 7) is 0. The van der Waals surface area contributed by atoms with Crippen LogP contribution in [0.5, 0.6) is 0 Å². The lowest BCUT2D eigenvalue weighted by Crippen LogP contribution is -2.00. The average molecular weight is 642 g/mol. The quantitative estimate of drug-likeness (QED) is 0.187. The third-order valence-corrected chi connectivity index (χ3v) is 9.34. The van der Waals surface area contributed by atoms with E-state index in [4.69, 9.17) is 23.8 Å². The van der Waals surface area contributed by atoms with Crippen LogP contribution in [-0.4, -0.2) is 15.0 Å². The molecule has 0 saturated carbocycles. The van der Waals surface area contributed by atoms with Crippen molar-refractivity contribution in [1.82, 2.24) is 15.0 Å². The molecule has 0 spiro atoms. The molecule has 0 fully saturated rings. The SMILES string of the molecule is c1ccc(-c2ccc3oc4cc(-c5cccc6oc7cc(-c8nc(-c9ccccc9)nc(-c9ccccc9)n8)ccc7c56)ccc4c3c2)cc1. The van der Waals surface area contributed by atoms with E-state index in [1.54, 1.807) is 0 Å². The summed E-state index contributed by atoms with van der Waals surface area (Å²) < 4.78 is 12.9. The van der Waals surface area contributed by atoms with Crippen LogP contribution < -0.4 is 0 Å². The first-order valence-corrected chi connectivity index (χ1v) is 16.6. The predicted molar refractivity (Wildman–Crippen MR) is 202 cm³/mol. The van der Waals surface area contributed by atoms with E-state index in [-0.39, 0.29) is 0 Å². The third-order valence-electron chi connectivity index (χ3n) is 9.34. The van der Waals surface area contributed by atoms with E-state index in [1.165, 1.54) is 11.1 Å². The first-order valence-electron chi connectivity index (χ1n) is 16.6. The zero-order valence-electron chi connectivity index (χ0n) is 26.7. The maximum absolute atomic E-state index is 6.50. The second-order valence-corrected chi connectivity index (χ2v) is 12.4. The highest BCUT2D eigenvalue weighted by atomic mass is 16.3. The first kappa shape index (κ1) is 28.2. The van der Waals surface area contributed by atoms with Crippen LogP contribution in [0.25, 0.3) is 100 Å². The molecule has 3 heterocycles. The van der Waals surface area contributed by atoms with Crippen LogP contribution in [0, 0.1) is 0 Å². The Morgan fingerprint density at radius 2 is 0.840 bits per heavy atom. The Kier molecular flexibility index (Phi) is 6.42. The summed E-state index contributed by atoms with van der Waals surface area (Å²) in [7, 11) is 0. The van der Waals surface area contributed by atoms with Crippen LogP contribution in [0.2, 0.25) is 0 Å². The van der Waals surface area contributed by atoms with Gasteiger partial charge >= 0.3 is 0 Å². The minimum atomic E-state index is 0.589. The number of nitrogens with zero attached hydrogens (tertiary/aromatic N) is 3. The second kappa shape index (κ2) is 11.4. The van der Waals surface area contributed by atoms with Crippen molar-refractivity contribution in [3.63, 3.8) is 0 Å². The Labute approximate surface area is 287 Å². The summed E-state index contributed by atoms with van der Waals surface area (Å²) in [5.41, 5.74) is 10.5. The number of benzene rings is 7. The van der Waals surface area contributed by atoms with Gasteiger partial charge in [0.1, 0.15) is 22.3 Å². The maximum atomic E-state index is 6.50. The van der Waals surface area contributed by atoms with Crippen molar-refractivity contribution in [2.24, 2.45) is 0 Å². The van der Waals surface area contributed by atoms with Gasteiger partial charge in [-0.1, -0.05) is 121 Å². The molecule has 5 heteroatoms. The summed E-state index contributed by atoms with van der Waals surface area (Å²) in [5.74, 6) is 1.84. The molecule has 0 bridgehead atoms. The summed E-state index contributed by atoms with van der Waals surface area (Å²) in [4.78, 5) is 14.7. The van der Waals surface area contributed by atoms with Crippen molar-refractivity contribution in [1.29, 1.82) is 0 Å². The van der Waals surface area contributed by atoms with E-state index < -0.39 is 0 Å². The molecule has 234 valence electrons. The number of hydrogen-bond acceptors (Lipinski definition) is 5. The molecular formula is C45H27N3O2. The van der Waals surface area contributed by atoms with Crippen molar-refractivity contribution >= 4 is 43.9 Å². The fourth-order valence-electron chi connectivity index (χ4n) is 6.90. The highest BCUT2D eigenvalue weighted by Crippen LogP contribution is 2.40. The lowest BCUT2D eigenvalue weighted by Gasteiger charge is -2.08. The van der Waals surface area contributed by atoms with Crippen LogP contribution in [-0.2, 0) is 0 Å². The monoisotopic (exact) mass is 641 g/mol. The zero-order chi connectivity index (χ0) is 33.0. The number of rotatable bonds is 5. The highest BCUT2D eigenvalue weighted by molar-refractivity contribution is 6.14. The summed E-state index contributed by atoms with van der Waals surface area (Å²) in [6, 6.07) is 55.8. The molecule has 0 amide bonds. The molecule has 0 atom stereocenters. The van der Waals surface area contributed by atoms with Crippen LogP contribution in [0.3, 0.4) is 0 Å². The number of fused-ring (bicyclic) bond motifs is 6. The van der Waals surface area contributed by atoms with Gasteiger partial charge in [-0.05, 0) is 64.7 Å². The van der Waals surface area contributed by atoms with E-state index in [1.807, 2.05) is 84.9 Å². The maximum Gasteiger partial charge on any atom is 0.164 e. The van der Waals surface area contributed by atoms with Gasteiger partial charge in [0.25, 0.3) is 0 Å². The van der Waals surface area contributed by atoms with Crippen molar-refractivity contribution < 1.29 is 8.83 Å². The molecule has 3 aromatic heterocycles. The number of furan rings is 2. The molecule has 0 aliphatic carbocycles. The molecule has 0 radical (unpaired) electrons. The minimum absolute atomic E-state index is 0.589. The fraction of sp³-hybridized carbons (Fsp3) is 0. The topological polar surface area (TPSA) is 65.0 Å². The molecule has 0 saturated heterocycles. The van der Waals surface area contributed by atoms with Gasteiger partial charge in [-0.25, -0.2) is 15.0 Å². The summed E-state index contributed by atoms with van der Waals surface area (Å²) in [6.07, 6.45) is 0. The van der Waals surface area contributed by atoms with Crippen molar-refractivity contribution in [3.8, 4) is 56.4 Å². The second-order valence-electron chi connectivity index (χ2n) is 12.4. The number of aromatic nitrogens is 3. The molecule has 10 aromatic rings. The molecular weight excluding hydrogens is 615 g/mol. The molecule has 10 rings (SSSR count). The van der Waals surface area contributed by atoms with Gasteiger partial charge in [0.15, 0.2) is 17.5 Å². The summed E-state index contributed by atoms with van der Waals surface area (Å²) >= 11 is 0. The fourth-order valence-corrected chi connectivity index (χ4v) is 6.90. The largest absolute Gasteiger partial charge is 0.456 e. The Hall–Kier alpha value is -6.85. The molecule has 7 aromatic carbocycles. The predicted octanol–water partition coefficient (Wildman–Crippen LogP) is 12.0. The van der Waals surface area contributed by atoms with Crippen molar-refractivity contribution in [3.05, 3.63) is 164 Å². The molecule has 0 aliphatic rings. The van der Waals surface area contributed by atoms with E-state index >= 15 is 0 Å². The Morgan fingerprint density at radius 3 is 1.54 bits per heavy atom. The van der Waals surface area contributed by atoms with Gasteiger partial charge in [-0.15, -0.1) is 0 Å². The van der Waals surface area contributed by atoms with Gasteiger partial charge < -0.3 is 8.83 Å². The lowest BCUT2D eigenvalue weighted by molar-refractivity contribution is 0.668. The van der Waals surface area contributed by atoms with E-state index in [0.29, 0.717) is 17.5 Å². The van der Waals surface area contributed by atoms with Crippen molar-refractivity contribution in [2.45, 2.75) is 0 Å². The molecule has 0 aliphatic heterocycles. The van der Waals surface area contributed by atoms with E-state index in [9.17, 15) is 0 Å². The molecule has 0 unspecified atom stereocenters. The summed E-state index contributed by atoms with van der Waals surface area (Å²) in [5, 5.41) is 4.28. The van der Waals surface area contributed by atoms with Gasteiger partial charge in [0.05, 0.1) is 0 Å². The van der Waals surface area contributed by atoms with Gasteiger partial charge in [-0.3, -0.25) is 0 Å². The van der Waals surface area contributed by atoms with Crippen molar-refractivity contribution in [2.75, 3.05) is 0 Å². The van der Waals surface area contributed by atoms with Crippen LogP contribution in [0.15, 0.2) is 173 Å². The molecule has 5 nitrogen and oxygen atoms in total. The van der Waals surface area contributed by atoms with Crippen LogP contribution in [0.4, 0.5) is 0 Å². The van der Waals surface area contributed by atoms with E-state index in [2.05, 4.69) is 78.9 Å². The zero-order valence-corrected chi connectivity index (χ0v) is 26.7. The van der Waals surface area contributed by atoms with E-state index in [0.717, 1.165) is 71.7 Å². The standard InChI is InChI=1S/C45H27N3O2/c1-4-11-28(12-5-1)31-21-24-38-37(25-31)35-22-19-32(26-40(35)49-38)34-17-10-18-39-42(34)36-23-20-33(27-41(36)50-39)45-47-43(29-13-6-2-7-14-29)46-44(48-45)30-15-8-3-9-16-30/h1-27H. The smallest absolute Gasteiger partial charge is 0.164 e. The van der Waals surface area contributed by atoms with Gasteiger partial charge in [0, 0.05) is 38.2 Å². The Bertz CT molecular complexity index is 2800. The minimum Gasteiger partial charge on any atom is -0.456 e.